The highest BCUT2D eigenvalue weighted by Crippen LogP contribution is 2.30. The first kappa shape index (κ1) is 13.3. The molecule has 0 radical (unpaired) electrons. The van der Waals surface area contributed by atoms with Gasteiger partial charge in [0.15, 0.2) is 0 Å². The fourth-order valence-electron chi connectivity index (χ4n) is 1.18. The number of methoxy groups -OCH3 is 1. The van der Waals surface area contributed by atoms with Crippen molar-refractivity contribution in [1.29, 1.82) is 0 Å². The highest BCUT2D eigenvalue weighted by Gasteiger charge is 2.23. The Morgan fingerprint density at radius 3 is 2.75 bits per heavy atom. The second kappa shape index (κ2) is 5.54. The number of halogens is 4. The van der Waals surface area contributed by atoms with Crippen LogP contribution in [-0.2, 0) is 10.6 Å². The van der Waals surface area contributed by atoms with Crippen molar-refractivity contribution >= 4 is 33.5 Å². The number of hydrogen-bond acceptors (Lipinski definition) is 3. The van der Waals surface area contributed by atoms with Gasteiger partial charge in [-0.25, -0.2) is 18.6 Å². The Balaban J connectivity index is 3.44. The summed E-state index contributed by atoms with van der Waals surface area (Å²) in [5.74, 6) is -0.969. The molecule has 0 unspecified atom stereocenters. The fraction of sp³-hybridized carbons (Fsp3) is 0.333. The quantitative estimate of drug-likeness (QED) is 0.488. The van der Waals surface area contributed by atoms with Gasteiger partial charge < -0.3 is 4.74 Å². The topological polar surface area (TPSA) is 39.2 Å². The van der Waals surface area contributed by atoms with Gasteiger partial charge in [-0.2, -0.15) is 0 Å². The van der Waals surface area contributed by atoms with Gasteiger partial charge in [0, 0.05) is 17.6 Å². The predicted molar refractivity (Wildman–Crippen MR) is 57.8 cm³/mol. The summed E-state index contributed by atoms with van der Waals surface area (Å²) >= 11 is 8.56. The van der Waals surface area contributed by atoms with Gasteiger partial charge in [-0.05, 0) is 21.5 Å². The summed E-state index contributed by atoms with van der Waals surface area (Å²) in [6, 6.07) is 0. The zero-order valence-corrected chi connectivity index (χ0v) is 10.5. The SMILES string of the molecule is COC(=O)c1c(Br)ncc(C(F)F)c1CCl. The van der Waals surface area contributed by atoms with E-state index in [1.54, 1.807) is 0 Å². The van der Waals surface area contributed by atoms with Crippen molar-refractivity contribution in [1.82, 2.24) is 4.98 Å². The highest BCUT2D eigenvalue weighted by atomic mass is 79.9. The molecule has 0 saturated carbocycles. The number of esters is 1. The molecule has 7 heteroatoms. The molecule has 3 nitrogen and oxygen atoms in total. The summed E-state index contributed by atoms with van der Waals surface area (Å²) in [6.45, 7) is 0. The predicted octanol–water partition coefficient (Wildman–Crippen LogP) is 3.31. The molecule has 0 atom stereocenters. The van der Waals surface area contributed by atoms with Crippen molar-refractivity contribution in [2.24, 2.45) is 0 Å². The maximum Gasteiger partial charge on any atom is 0.340 e. The molecular formula is C9H7BrClF2NO2. The lowest BCUT2D eigenvalue weighted by atomic mass is 10.1. The molecular weight excluding hydrogens is 307 g/mol. The zero-order valence-electron chi connectivity index (χ0n) is 8.14. The van der Waals surface area contributed by atoms with Crippen molar-refractivity contribution in [3.8, 4) is 0 Å². The summed E-state index contributed by atoms with van der Waals surface area (Å²) in [6.07, 6.45) is -1.75. The molecule has 16 heavy (non-hydrogen) atoms. The monoisotopic (exact) mass is 313 g/mol. The fourth-order valence-corrected chi connectivity index (χ4v) is 1.97. The Morgan fingerprint density at radius 1 is 1.69 bits per heavy atom. The Morgan fingerprint density at radius 2 is 2.31 bits per heavy atom. The third-order valence-corrected chi connectivity index (χ3v) is 2.80. The molecule has 0 saturated heterocycles. The molecule has 0 fully saturated rings. The van der Waals surface area contributed by atoms with Crippen LogP contribution in [0.2, 0.25) is 0 Å². The minimum absolute atomic E-state index is 0.0328. The van der Waals surface area contributed by atoms with Crippen LogP contribution in [-0.4, -0.2) is 18.1 Å². The van der Waals surface area contributed by atoms with Crippen LogP contribution in [0.1, 0.15) is 27.9 Å². The number of hydrogen-bond donors (Lipinski definition) is 0. The molecule has 0 N–H and O–H groups in total. The summed E-state index contributed by atoms with van der Waals surface area (Å²) < 4.78 is 29.9. The number of rotatable bonds is 3. The molecule has 1 rings (SSSR count). The maximum absolute atomic E-state index is 12.6. The molecule has 0 aliphatic carbocycles. The van der Waals surface area contributed by atoms with Gasteiger partial charge in [0.2, 0.25) is 0 Å². The number of nitrogens with zero attached hydrogens (tertiary/aromatic N) is 1. The molecule has 88 valence electrons. The van der Waals surface area contributed by atoms with E-state index in [4.69, 9.17) is 11.6 Å². The van der Waals surface area contributed by atoms with Gasteiger partial charge in [-0.15, -0.1) is 11.6 Å². The van der Waals surface area contributed by atoms with Crippen molar-refractivity contribution in [3.63, 3.8) is 0 Å². The third kappa shape index (κ3) is 2.49. The minimum Gasteiger partial charge on any atom is -0.465 e. The first-order chi connectivity index (χ1) is 7.52. The Hall–Kier alpha value is -0.750. The molecule has 0 aliphatic heterocycles. The molecule has 1 aromatic rings. The number of ether oxygens (including phenoxy) is 1. The van der Waals surface area contributed by atoms with Crippen molar-refractivity contribution in [2.45, 2.75) is 12.3 Å². The average molecular weight is 315 g/mol. The van der Waals surface area contributed by atoms with Gasteiger partial charge >= 0.3 is 5.97 Å². The molecule has 1 heterocycles. The summed E-state index contributed by atoms with van der Waals surface area (Å²) in [7, 11) is 1.15. The van der Waals surface area contributed by atoms with E-state index in [0.717, 1.165) is 13.3 Å². The Labute approximate surface area is 104 Å². The van der Waals surface area contributed by atoms with Crippen LogP contribution in [0.4, 0.5) is 8.78 Å². The van der Waals surface area contributed by atoms with Gasteiger partial charge in [-0.3, -0.25) is 0 Å². The molecule has 0 amide bonds. The molecule has 0 bridgehead atoms. The van der Waals surface area contributed by atoms with Crippen molar-refractivity contribution < 1.29 is 18.3 Å². The van der Waals surface area contributed by atoms with E-state index in [2.05, 4.69) is 25.7 Å². The normalized spacial score (nSPS) is 10.6. The highest BCUT2D eigenvalue weighted by molar-refractivity contribution is 9.10. The third-order valence-electron chi connectivity index (χ3n) is 1.93. The smallest absolute Gasteiger partial charge is 0.340 e. The van der Waals surface area contributed by atoms with Crippen LogP contribution in [0.3, 0.4) is 0 Å². The van der Waals surface area contributed by atoms with Gasteiger partial charge in [0.1, 0.15) is 4.60 Å². The second-order valence-electron chi connectivity index (χ2n) is 2.78. The van der Waals surface area contributed by atoms with E-state index in [1.165, 1.54) is 0 Å². The zero-order chi connectivity index (χ0) is 12.3. The van der Waals surface area contributed by atoms with Crippen LogP contribution in [0.5, 0.6) is 0 Å². The Kier molecular flexibility index (Phi) is 4.61. The lowest BCUT2D eigenvalue weighted by molar-refractivity contribution is 0.0597. The second-order valence-corrected chi connectivity index (χ2v) is 3.80. The van der Waals surface area contributed by atoms with Crippen molar-refractivity contribution in [3.05, 3.63) is 27.5 Å². The molecule has 1 aromatic heterocycles. The van der Waals surface area contributed by atoms with E-state index in [-0.39, 0.29) is 27.2 Å². The van der Waals surface area contributed by atoms with Crippen LogP contribution in [0, 0.1) is 0 Å². The summed E-state index contributed by atoms with van der Waals surface area (Å²) in [4.78, 5) is 15.0. The lowest BCUT2D eigenvalue weighted by Crippen LogP contribution is -2.10. The van der Waals surface area contributed by atoms with Gasteiger partial charge in [0.05, 0.1) is 12.7 Å². The lowest BCUT2D eigenvalue weighted by Gasteiger charge is -2.11. The average Bonchev–Trinajstić information content (AvgIpc) is 2.26. The summed E-state index contributed by atoms with van der Waals surface area (Å²) in [5.41, 5.74) is -0.390. The van der Waals surface area contributed by atoms with Crippen LogP contribution < -0.4 is 0 Å². The van der Waals surface area contributed by atoms with Gasteiger partial charge in [-0.1, -0.05) is 0 Å². The minimum atomic E-state index is -2.74. The van der Waals surface area contributed by atoms with Crippen molar-refractivity contribution in [2.75, 3.05) is 7.11 Å². The number of aromatic nitrogens is 1. The Bertz CT molecular complexity index is 415. The number of pyridine rings is 1. The van der Waals surface area contributed by atoms with Crippen LogP contribution in [0.15, 0.2) is 10.8 Å². The molecule has 0 spiro atoms. The van der Waals surface area contributed by atoms with Gasteiger partial charge in [0.25, 0.3) is 6.43 Å². The van der Waals surface area contributed by atoms with E-state index >= 15 is 0 Å². The van der Waals surface area contributed by atoms with E-state index in [0.29, 0.717) is 0 Å². The number of carbonyl (C=O) groups excluding carboxylic acids is 1. The van der Waals surface area contributed by atoms with E-state index in [9.17, 15) is 13.6 Å². The van der Waals surface area contributed by atoms with Crippen LogP contribution in [0.25, 0.3) is 0 Å². The van der Waals surface area contributed by atoms with E-state index in [1.807, 2.05) is 0 Å². The summed E-state index contributed by atoms with van der Waals surface area (Å²) in [5, 5.41) is 0. The first-order valence-electron chi connectivity index (χ1n) is 4.12. The van der Waals surface area contributed by atoms with Crippen LogP contribution >= 0.6 is 27.5 Å². The largest absolute Gasteiger partial charge is 0.465 e. The number of carbonyl (C=O) groups is 1. The van der Waals surface area contributed by atoms with E-state index < -0.39 is 12.4 Å². The number of alkyl halides is 3. The standard InChI is InChI=1S/C9H7BrClF2NO2/c1-16-9(15)6-4(2-11)5(8(12)13)3-14-7(6)10/h3,8H,2H2,1H3. The first-order valence-corrected chi connectivity index (χ1v) is 5.45. The molecule has 0 aromatic carbocycles. The maximum atomic E-state index is 12.6. The molecule has 0 aliphatic rings.